The zero-order chi connectivity index (χ0) is 24.7. The summed E-state index contributed by atoms with van der Waals surface area (Å²) in [5.41, 5.74) is 1.81. The van der Waals surface area contributed by atoms with Crippen molar-refractivity contribution in [3.05, 3.63) is 82.5 Å². The number of rotatable bonds is 10. The third-order valence-electron chi connectivity index (χ3n) is 5.34. The van der Waals surface area contributed by atoms with Crippen LogP contribution in [0, 0.1) is 0 Å². The number of alkyl halides is 3. The van der Waals surface area contributed by atoms with Gasteiger partial charge < -0.3 is 9.84 Å². The van der Waals surface area contributed by atoms with Crippen LogP contribution >= 0.6 is 11.6 Å². The molecule has 34 heavy (non-hydrogen) atoms. The first-order chi connectivity index (χ1) is 16.2. The highest BCUT2D eigenvalue weighted by molar-refractivity contribution is 6.31. The van der Waals surface area contributed by atoms with Gasteiger partial charge in [0.2, 0.25) is 0 Å². The van der Waals surface area contributed by atoms with Crippen LogP contribution in [0.5, 0.6) is 5.75 Å². The monoisotopic (exact) mass is 491 g/mol. The first kappa shape index (κ1) is 25.6. The van der Waals surface area contributed by atoms with Crippen molar-refractivity contribution < 1.29 is 27.8 Å². The summed E-state index contributed by atoms with van der Waals surface area (Å²) in [6.45, 7) is 2.07. The van der Waals surface area contributed by atoms with Gasteiger partial charge in [-0.1, -0.05) is 49.2 Å². The Balaban J connectivity index is 1.83. The molecular formula is C26H25ClF3NO3. The van der Waals surface area contributed by atoms with Crippen LogP contribution in [0.2, 0.25) is 5.02 Å². The highest BCUT2D eigenvalue weighted by atomic mass is 35.5. The largest absolute Gasteiger partial charge is 0.484 e. The number of aryl methyl sites for hydroxylation is 1. The molecule has 1 heterocycles. The van der Waals surface area contributed by atoms with Crippen molar-refractivity contribution in [2.24, 2.45) is 0 Å². The molecule has 0 fully saturated rings. The lowest BCUT2D eigenvalue weighted by molar-refractivity contribution is -0.138. The fourth-order valence-corrected chi connectivity index (χ4v) is 3.75. The van der Waals surface area contributed by atoms with Crippen LogP contribution in [0.4, 0.5) is 13.2 Å². The van der Waals surface area contributed by atoms with Crippen LogP contribution in [-0.2, 0) is 17.4 Å². The van der Waals surface area contributed by atoms with Crippen LogP contribution in [0.1, 0.15) is 55.5 Å². The number of aliphatic carboxylic acids is 1. The fourth-order valence-electron chi connectivity index (χ4n) is 3.49. The normalized spacial score (nSPS) is 12.4. The summed E-state index contributed by atoms with van der Waals surface area (Å²) in [6.07, 6.45) is -1.93. The van der Waals surface area contributed by atoms with Crippen LogP contribution in [0.3, 0.4) is 0 Å². The molecule has 4 nitrogen and oxygen atoms in total. The topological polar surface area (TPSA) is 59.4 Å². The van der Waals surface area contributed by atoms with Gasteiger partial charge in [0.25, 0.3) is 0 Å². The molecule has 3 aromatic rings. The molecule has 0 bridgehead atoms. The van der Waals surface area contributed by atoms with E-state index in [1.165, 1.54) is 12.1 Å². The van der Waals surface area contributed by atoms with Gasteiger partial charge in [-0.3, -0.25) is 4.79 Å². The van der Waals surface area contributed by atoms with Crippen molar-refractivity contribution in [2.45, 2.75) is 51.3 Å². The van der Waals surface area contributed by atoms with Gasteiger partial charge in [0.05, 0.1) is 17.0 Å². The van der Waals surface area contributed by atoms with Gasteiger partial charge in [0, 0.05) is 17.0 Å². The quantitative estimate of drug-likeness (QED) is 0.315. The number of carbonyl (C=O) groups is 1. The SMILES string of the molecule is CCCC[C@H](Oc1ccc(CCC(=O)O)c(Cl)c1)c1cccc(-c2ccc(C(F)(F)F)cc2)n1. The lowest BCUT2D eigenvalue weighted by atomic mass is 10.1. The van der Waals surface area contributed by atoms with E-state index in [0.717, 1.165) is 30.5 Å². The molecule has 8 heteroatoms. The highest BCUT2D eigenvalue weighted by Crippen LogP contribution is 2.32. The summed E-state index contributed by atoms with van der Waals surface area (Å²) in [5, 5.41) is 9.31. The van der Waals surface area contributed by atoms with Crippen LogP contribution in [0.25, 0.3) is 11.3 Å². The van der Waals surface area contributed by atoms with E-state index < -0.39 is 17.7 Å². The predicted molar refractivity (Wildman–Crippen MR) is 125 cm³/mol. The average molecular weight is 492 g/mol. The Morgan fingerprint density at radius 1 is 1.12 bits per heavy atom. The van der Waals surface area contributed by atoms with Gasteiger partial charge >= 0.3 is 12.1 Å². The second-order valence-electron chi connectivity index (χ2n) is 7.92. The molecule has 1 aromatic heterocycles. The van der Waals surface area contributed by atoms with Gasteiger partial charge in [0.15, 0.2) is 0 Å². The Bertz CT molecular complexity index is 1120. The molecule has 0 amide bonds. The van der Waals surface area contributed by atoms with E-state index >= 15 is 0 Å². The average Bonchev–Trinajstić information content (AvgIpc) is 2.80. The third-order valence-corrected chi connectivity index (χ3v) is 5.69. The Hall–Kier alpha value is -3.06. The molecule has 0 saturated carbocycles. The highest BCUT2D eigenvalue weighted by Gasteiger charge is 2.30. The maximum absolute atomic E-state index is 12.9. The van der Waals surface area contributed by atoms with Crippen molar-refractivity contribution >= 4 is 17.6 Å². The molecule has 0 radical (unpaired) electrons. The Kier molecular flexibility index (Phi) is 8.56. The molecule has 3 rings (SSSR count). The van der Waals surface area contributed by atoms with Crippen molar-refractivity contribution in [2.75, 3.05) is 0 Å². The van der Waals surface area contributed by atoms with E-state index in [0.29, 0.717) is 40.6 Å². The predicted octanol–water partition coefficient (Wildman–Crippen LogP) is 7.75. The standard InChI is InChI=1S/C26H25ClF3NO3/c1-2-3-7-24(34-20-14-10-17(21(27)16-20)11-15-25(32)33)23-6-4-5-22(31-23)18-8-12-19(13-9-18)26(28,29)30/h4-6,8-10,12-14,16,24H,2-3,7,11,15H2,1H3,(H,32,33)/t24-/m0/s1. The molecule has 0 aliphatic rings. The number of nitrogens with zero attached hydrogens (tertiary/aromatic N) is 1. The molecule has 0 spiro atoms. The number of hydrogen-bond donors (Lipinski definition) is 1. The Labute approximate surface area is 201 Å². The smallest absolute Gasteiger partial charge is 0.416 e. The summed E-state index contributed by atoms with van der Waals surface area (Å²) in [6, 6.07) is 15.5. The lowest BCUT2D eigenvalue weighted by Gasteiger charge is -2.20. The number of pyridine rings is 1. The number of aromatic nitrogens is 1. The first-order valence-corrected chi connectivity index (χ1v) is 11.4. The Morgan fingerprint density at radius 3 is 2.47 bits per heavy atom. The van der Waals surface area contributed by atoms with Crippen LogP contribution < -0.4 is 4.74 Å². The number of halogens is 4. The molecule has 1 N–H and O–H groups in total. The lowest BCUT2D eigenvalue weighted by Crippen LogP contribution is -2.10. The minimum atomic E-state index is -4.39. The van der Waals surface area contributed by atoms with Gasteiger partial charge in [0.1, 0.15) is 11.9 Å². The van der Waals surface area contributed by atoms with Crippen molar-refractivity contribution in [3.8, 4) is 17.0 Å². The molecular weight excluding hydrogens is 467 g/mol. The Morgan fingerprint density at radius 2 is 1.85 bits per heavy atom. The number of benzene rings is 2. The second-order valence-corrected chi connectivity index (χ2v) is 8.33. The second kappa shape index (κ2) is 11.4. The summed E-state index contributed by atoms with van der Waals surface area (Å²) >= 11 is 6.33. The maximum atomic E-state index is 12.9. The zero-order valence-electron chi connectivity index (χ0n) is 18.6. The number of carboxylic acid groups (broad SMARTS) is 1. The third kappa shape index (κ3) is 6.97. The van der Waals surface area contributed by atoms with Gasteiger partial charge in [-0.15, -0.1) is 0 Å². The zero-order valence-corrected chi connectivity index (χ0v) is 19.4. The van der Waals surface area contributed by atoms with E-state index in [1.54, 1.807) is 30.3 Å². The summed E-state index contributed by atoms with van der Waals surface area (Å²) in [5.74, 6) is -0.359. The first-order valence-electron chi connectivity index (χ1n) is 11.0. The number of carboxylic acids is 1. The molecule has 180 valence electrons. The van der Waals surface area contributed by atoms with Crippen molar-refractivity contribution in [1.82, 2.24) is 4.98 Å². The van der Waals surface area contributed by atoms with Gasteiger partial charge in [-0.25, -0.2) is 4.98 Å². The molecule has 0 aliphatic carbocycles. The van der Waals surface area contributed by atoms with E-state index in [4.69, 9.17) is 21.4 Å². The van der Waals surface area contributed by atoms with E-state index in [9.17, 15) is 18.0 Å². The fraction of sp³-hybridized carbons (Fsp3) is 0.308. The van der Waals surface area contributed by atoms with Crippen molar-refractivity contribution in [3.63, 3.8) is 0 Å². The maximum Gasteiger partial charge on any atom is 0.416 e. The minimum absolute atomic E-state index is 0.0142. The molecule has 0 saturated heterocycles. The van der Waals surface area contributed by atoms with E-state index in [-0.39, 0.29) is 12.5 Å². The molecule has 0 aliphatic heterocycles. The number of hydrogen-bond acceptors (Lipinski definition) is 3. The van der Waals surface area contributed by atoms with Crippen molar-refractivity contribution in [1.29, 1.82) is 0 Å². The molecule has 2 aromatic carbocycles. The molecule has 1 atom stereocenters. The van der Waals surface area contributed by atoms with E-state index in [2.05, 4.69) is 11.9 Å². The van der Waals surface area contributed by atoms with Gasteiger partial charge in [-0.05, 0) is 61.2 Å². The summed E-state index contributed by atoms with van der Waals surface area (Å²) in [7, 11) is 0. The summed E-state index contributed by atoms with van der Waals surface area (Å²) in [4.78, 5) is 15.5. The number of unbranched alkanes of at least 4 members (excludes halogenated alkanes) is 1. The van der Waals surface area contributed by atoms with E-state index in [1.807, 2.05) is 6.07 Å². The molecule has 0 unspecified atom stereocenters. The van der Waals surface area contributed by atoms with Gasteiger partial charge in [-0.2, -0.15) is 13.2 Å². The minimum Gasteiger partial charge on any atom is -0.484 e. The summed E-state index contributed by atoms with van der Waals surface area (Å²) < 4.78 is 44.9. The van der Waals surface area contributed by atoms with Crippen LogP contribution in [-0.4, -0.2) is 16.1 Å². The van der Waals surface area contributed by atoms with Crippen LogP contribution in [0.15, 0.2) is 60.7 Å². The number of ether oxygens (including phenoxy) is 1.